The van der Waals surface area contributed by atoms with Gasteiger partial charge in [-0.1, -0.05) is 0 Å². The van der Waals surface area contributed by atoms with E-state index in [0.717, 1.165) is 5.56 Å². The topological polar surface area (TPSA) is 101 Å². The summed E-state index contributed by atoms with van der Waals surface area (Å²) in [6.07, 6.45) is 3.08. The number of furan rings is 1. The molecule has 1 aliphatic rings. The van der Waals surface area contributed by atoms with Crippen LogP contribution in [0, 0.1) is 10.1 Å². The fourth-order valence-corrected chi connectivity index (χ4v) is 3.41. The number of benzene rings is 1. The van der Waals surface area contributed by atoms with E-state index in [-0.39, 0.29) is 18.0 Å². The first-order valence-corrected chi connectivity index (χ1v) is 7.91. The quantitative estimate of drug-likeness (QED) is 0.478. The van der Waals surface area contributed by atoms with Gasteiger partial charge in [-0.05, 0) is 18.2 Å². The lowest BCUT2D eigenvalue weighted by molar-refractivity contribution is -0.384. The molecule has 1 aromatic carbocycles. The summed E-state index contributed by atoms with van der Waals surface area (Å²) in [4.78, 5) is 10.1. The number of nitro benzene ring substituents is 1. The van der Waals surface area contributed by atoms with Gasteiger partial charge >= 0.3 is 7.82 Å². The van der Waals surface area contributed by atoms with Crippen LogP contribution in [0.1, 0.15) is 18.1 Å². The highest BCUT2D eigenvalue weighted by Crippen LogP contribution is 2.56. The predicted octanol–water partition coefficient (Wildman–Crippen LogP) is 3.85. The Balaban J connectivity index is 1.73. The molecule has 116 valence electrons. The maximum atomic E-state index is 12.5. The van der Waals surface area contributed by atoms with Crippen LogP contribution in [0.15, 0.2) is 47.3 Å². The van der Waals surface area contributed by atoms with Crippen LogP contribution in [0.3, 0.4) is 0 Å². The van der Waals surface area contributed by atoms with Crippen LogP contribution in [0.5, 0.6) is 5.75 Å². The highest BCUT2D eigenvalue weighted by atomic mass is 31.2. The SMILES string of the molecule is O=[N+]([O-])c1ccc(O[P@]2(=O)OCC[C@@H](c3ccoc3)O2)cc1. The van der Waals surface area contributed by atoms with E-state index in [0.29, 0.717) is 6.42 Å². The molecule has 22 heavy (non-hydrogen) atoms. The molecule has 2 aromatic rings. The normalized spacial score (nSPS) is 24.8. The summed E-state index contributed by atoms with van der Waals surface area (Å²) in [5.41, 5.74) is 0.656. The smallest absolute Gasteiger partial charge is 0.472 e. The van der Waals surface area contributed by atoms with Crippen LogP contribution in [0.25, 0.3) is 0 Å². The average molecular weight is 325 g/mol. The van der Waals surface area contributed by atoms with Gasteiger partial charge in [0.2, 0.25) is 0 Å². The van der Waals surface area contributed by atoms with Gasteiger partial charge < -0.3 is 8.94 Å². The molecular formula is C13H12NO7P. The van der Waals surface area contributed by atoms with Gasteiger partial charge in [-0.15, -0.1) is 0 Å². The van der Waals surface area contributed by atoms with E-state index in [2.05, 4.69) is 0 Å². The van der Waals surface area contributed by atoms with Crippen LogP contribution in [0.2, 0.25) is 0 Å². The summed E-state index contributed by atoms with van der Waals surface area (Å²) >= 11 is 0. The molecule has 2 atom stereocenters. The van der Waals surface area contributed by atoms with Gasteiger partial charge in [0, 0.05) is 24.1 Å². The lowest BCUT2D eigenvalue weighted by Crippen LogP contribution is -2.16. The molecule has 0 radical (unpaired) electrons. The van der Waals surface area contributed by atoms with Gasteiger partial charge in [-0.3, -0.25) is 19.2 Å². The fourth-order valence-electron chi connectivity index (χ4n) is 2.00. The largest absolute Gasteiger partial charge is 0.530 e. The predicted molar refractivity (Wildman–Crippen MR) is 74.4 cm³/mol. The zero-order valence-corrected chi connectivity index (χ0v) is 12.2. The molecule has 0 saturated carbocycles. The highest BCUT2D eigenvalue weighted by molar-refractivity contribution is 7.49. The molecule has 1 fully saturated rings. The van der Waals surface area contributed by atoms with Crippen LogP contribution in [-0.2, 0) is 13.6 Å². The van der Waals surface area contributed by atoms with Gasteiger partial charge in [0.1, 0.15) is 11.9 Å². The molecule has 0 aliphatic carbocycles. The Morgan fingerprint density at radius 3 is 2.68 bits per heavy atom. The summed E-state index contributed by atoms with van der Waals surface area (Å²) < 4.78 is 33.3. The van der Waals surface area contributed by atoms with Crippen molar-refractivity contribution in [3.63, 3.8) is 0 Å². The molecule has 0 amide bonds. The highest BCUT2D eigenvalue weighted by Gasteiger charge is 2.38. The van der Waals surface area contributed by atoms with E-state index in [1.807, 2.05) is 0 Å². The molecule has 1 saturated heterocycles. The molecule has 3 rings (SSSR count). The second-order valence-electron chi connectivity index (χ2n) is 4.56. The van der Waals surface area contributed by atoms with Crippen molar-refractivity contribution in [2.45, 2.75) is 12.5 Å². The molecule has 0 spiro atoms. The van der Waals surface area contributed by atoms with E-state index in [1.54, 1.807) is 6.07 Å². The van der Waals surface area contributed by atoms with Crippen molar-refractivity contribution in [3.8, 4) is 5.75 Å². The van der Waals surface area contributed by atoms with Crippen molar-refractivity contribution in [1.82, 2.24) is 0 Å². The number of hydrogen-bond acceptors (Lipinski definition) is 7. The fraction of sp³-hybridized carbons (Fsp3) is 0.231. The van der Waals surface area contributed by atoms with Crippen LogP contribution < -0.4 is 4.52 Å². The molecular weight excluding hydrogens is 313 g/mol. The standard InChI is InChI=1S/C13H12NO7P/c15-14(16)11-1-3-12(4-2-11)20-22(17)19-8-6-13(21-22)10-5-7-18-9-10/h1-5,7,9,13H,6,8H2/t13-,22-/m0/s1. The summed E-state index contributed by atoms with van der Waals surface area (Å²) in [5.74, 6) is 0.168. The zero-order chi connectivity index (χ0) is 15.6. The Morgan fingerprint density at radius 1 is 1.27 bits per heavy atom. The third-order valence-electron chi connectivity index (χ3n) is 3.07. The van der Waals surface area contributed by atoms with Gasteiger partial charge in [-0.25, -0.2) is 4.57 Å². The Hall–Kier alpha value is -2.15. The second kappa shape index (κ2) is 5.92. The van der Waals surface area contributed by atoms with Gasteiger partial charge in [0.15, 0.2) is 0 Å². The van der Waals surface area contributed by atoms with Crippen LogP contribution in [0.4, 0.5) is 5.69 Å². The molecule has 8 nitrogen and oxygen atoms in total. The summed E-state index contributed by atoms with van der Waals surface area (Å²) in [5, 5.41) is 10.6. The van der Waals surface area contributed by atoms with E-state index in [1.165, 1.54) is 36.8 Å². The first-order valence-electron chi connectivity index (χ1n) is 6.45. The number of nitro groups is 1. The van der Waals surface area contributed by atoms with Crippen molar-refractivity contribution in [3.05, 3.63) is 58.5 Å². The third kappa shape index (κ3) is 3.19. The van der Waals surface area contributed by atoms with E-state index in [9.17, 15) is 14.7 Å². The van der Waals surface area contributed by atoms with Crippen molar-refractivity contribution in [2.75, 3.05) is 6.61 Å². The Labute approximate surface area is 125 Å². The van der Waals surface area contributed by atoms with Gasteiger partial charge in [-0.2, -0.15) is 0 Å². The minimum absolute atomic E-state index is 0.0904. The van der Waals surface area contributed by atoms with Crippen LogP contribution in [-0.4, -0.2) is 11.5 Å². The minimum atomic E-state index is -3.78. The first-order chi connectivity index (χ1) is 10.6. The maximum Gasteiger partial charge on any atom is 0.530 e. The van der Waals surface area contributed by atoms with Crippen molar-refractivity contribution in [1.29, 1.82) is 0 Å². The molecule has 1 aliphatic heterocycles. The summed E-state index contributed by atoms with van der Waals surface area (Å²) in [7, 11) is -3.78. The lowest BCUT2D eigenvalue weighted by atomic mass is 10.1. The molecule has 9 heteroatoms. The van der Waals surface area contributed by atoms with Gasteiger partial charge in [0.05, 0.1) is 24.1 Å². The number of nitrogens with zero attached hydrogens (tertiary/aromatic N) is 1. The molecule has 0 N–H and O–H groups in total. The third-order valence-corrected chi connectivity index (χ3v) is 4.51. The first kappa shape index (κ1) is 14.8. The van der Waals surface area contributed by atoms with Gasteiger partial charge in [0.25, 0.3) is 5.69 Å². The maximum absolute atomic E-state index is 12.5. The lowest BCUT2D eigenvalue weighted by Gasteiger charge is -2.28. The molecule has 2 heterocycles. The average Bonchev–Trinajstić information content (AvgIpc) is 3.01. The van der Waals surface area contributed by atoms with Crippen LogP contribution >= 0.6 is 7.82 Å². The number of phosphoric acid groups is 1. The van der Waals surface area contributed by atoms with Crippen molar-refractivity contribution < 1.29 is 27.5 Å². The zero-order valence-electron chi connectivity index (χ0n) is 11.3. The minimum Gasteiger partial charge on any atom is -0.472 e. The second-order valence-corrected chi connectivity index (χ2v) is 6.11. The summed E-state index contributed by atoms with van der Waals surface area (Å²) in [6, 6.07) is 6.89. The Morgan fingerprint density at radius 2 is 2.05 bits per heavy atom. The number of phosphoric ester groups is 1. The summed E-state index contributed by atoms with van der Waals surface area (Å²) in [6.45, 7) is 0.208. The monoisotopic (exact) mass is 325 g/mol. The van der Waals surface area contributed by atoms with E-state index in [4.69, 9.17) is 18.0 Å². The molecule has 0 bridgehead atoms. The number of hydrogen-bond donors (Lipinski definition) is 0. The Bertz CT molecular complexity index is 698. The molecule has 1 aromatic heterocycles. The molecule has 0 unspecified atom stereocenters. The van der Waals surface area contributed by atoms with Crippen molar-refractivity contribution in [2.24, 2.45) is 0 Å². The Kier molecular flexibility index (Phi) is 3.98. The number of rotatable bonds is 4. The van der Waals surface area contributed by atoms with E-state index >= 15 is 0 Å². The number of non-ortho nitro benzene ring substituents is 1. The van der Waals surface area contributed by atoms with Crippen molar-refractivity contribution >= 4 is 13.5 Å². The van der Waals surface area contributed by atoms with E-state index < -0.39 is 18.8 Å².